The van der Waals surface area contributed by atoms with Crippen molar-refractivity contribution in [1.29, 1.82) is 0 Å². The van der Waals surface area contributed by atoms with Crippen LogP contribution in [-0.2, 0) is 6.18 Å². The van der Waals surface area contributed by atoms with Gasteiger partial charge in [0.05, 0.1) is 5.56 Å². The third kappa shape index (κ3) is 4.42. The normalized spacial score (nSPS) is 22.9. The van der Waals surface area contributed by atoms with Crippen LogP contribution in [0.1, 0.15) is 41.7 Å². The number of nitrogens with two attached hydrogens (primary N) is 1. The van der Waals surface area contributed by atoms with E-state index in [0.717, 1.165) is 37.8 Å². The average Bonchev–Trinajstić information content (AvgIpc) is 2.44. The van der Waals surface area contributed by atoms with Gasteiger partial charge in [0.15, 0.2) is 0 Å². The molecule has 1 amide bonds. The van der Waals surface area contributed by atoms with Crippen LogP contribution in [0.2, 0.25) is 0 Å². The first-order chi connectivity index (χ1) is 9.86. The molecule has 1 saturated carbocycles. The van der Waals surface area contributed by atoms with Gasteiger partial charge in [-0.15, -0.1) is 0 Å². The standard InChI is InChI=1S/C14H18F3N3O/c15-14(16,17)10-4-5-12(19-8-10)13(21)20-7-9-2-1-3-11(18)6-9/h4-5,8-9,11H,1-3,6-7,18H2,(H,20,21). The van der Waals surface area contributed by atoms with Crippen LogP contribution in [0.4, 0.5) is 13.2 Å². The van der Waals surface area contributed by atoms with E-state index < -0.39 is 17.6 Å². The van der Waals surface area contributed by atoms with Crippen LogP contribution in [0.15, 0.2) is 18.3 Å². The lowest BCUT2D eigenvalue weighted by Gasteiger charge is -2.26. The molecule has 0 saturated heterocycles. The number of nitrogens with zero attached hydrogens (tertiary/aromatic N) is 1. The lowest BCUT2D eigenvalue weighted by Crippen LogP contribution is -2.35. The average molecular weight is 301 g/mol. The van der Waals surface area contributed by atoms with E-state index in [2.05, 4.69) is 10.3 Å². The number of aromatic nitrogens is 1. The molecule has 1 aliphatic rings. The summed E-state index contributed by atoms with van der Waals surface area (Å²) in [5.41, 5.74) is 4.99. The highest BCUT2D eigenvalue weighted by molar-refractivity contribution is 5.92. The summed E-state index contributed by atoms with van der Waals surface area (Å²) in [6.07, 6.45) is 0.145. The minimum absolute atomic E-state index is 0.0110. The van der Waals surface area contributed by atoms with Crippen molar-refractivity contribution in [1.82, 2.24) is 10.3 Å². The summed E-state index contributed by atoms with van der Waals surface area (Å²) in [5, 5.41) is 2.71. The Hall–Kier alpha value is -1.63. The Kier molecular flexibility index (Phi) is 4.82. The number of pyridine rings is 1. The van der Waals surface area contributed by atoms with Crippen molar-refractivity contribution < 1.29 is 18.0 Å². The maximum atomic E-state index is 12.4. The van der Waals surface area contributed by atoms with Crippen molar-refractivity contribution in [2.45, 2.75) is 37.9 Å². The van der Waals surface area contributed by atoms with E-state index >= 15 is 0 Å². The summed E-state index contributed by atoms with van der Waals surface area (Å²) in [4.78, 5) is 15.4. The van der Waals surface area contributed by atoms with Crippen LogP contribution in [0, 0.1) is 5.92 Å². The molecule has 1 aliphatic carbocycles. The Morgan fingerprint density at radius 1 is 1.38 bits per heavy atom. The van der Waals surface area contributed by atoms with Gasteiger partial charge >= 0.3 is 6.18 Å². The Morgan fingerprint density at radius 2 is 2.14 bits per heavy atom. The lowest BCUT2D eigenvalue weighted by atomic mass is 9.86. The minimum Gasteiger partial charge on any atom is -0.350 e. The molecule has 0 aliphatic heterocycles. The minimum atomic E-state index is -4.44. The Labute approximate surface area is 120 Å². The molecule has 0 aromatic carbocycles. The van der Waals surface area contributed by atoms with E-state index in [-0.39, 0.29) is 11.7 Å². The van der Waals surface area contributed by atoms with Gasteiger partial charge in [0, 0.05) is 18.8 Å². The monoisotopic (exact) mass is 301 g/mol. The molecule has 1 aromatic rings. The third-order valence-corrected chi connectivity index (χ3v) is 3.70. The van der Waals surface area contributed by atoms with Gasteiger partial charge < -0.3 is 11.1 Å². The number of rotatable bonds is 3. The summed E-state index contributed by atoms with van der Waals surface area (Å²) in [6, 6.07) is 2.12. The van der Waals surface area contributed by atoms with Gasteiger partial charge in [-0.3, -0.25) is 9.78 Å². The molecular weight excluding hydrogens is 283 g/mol. The largest absolute Gasteiger partial charge is 0.417 e. The SMILES string of the molecule is NC1CCCC(CNC(=O)c2ccc(C(F)(F)F)cn2)C1. The van der Waals surface area contributed by atoms with Gasteiger partial charge in [-0.1, -0.05) is 6.42 Å². The van der Waals surface area contributed by atoms with E-state index in [9.17, 15) is 18.0 Å². The fourth-order valence-electron chi connectivity index (χ4n) is 2.54. The van der Waals surface area contributed by atoms with E-state index in [1.54, 1.807) is 0 Å². The summed E-state index contributed by atoms with van der Waals surface area (Å²) in [7, 11) is 0. The number of carbonyl (C=O) groups excluding carboxylic acids is 1. The van der Waals surface area contributed by atoms with E-state index in [1.807, 2.05) is 0 Å². The van der Waals surface area contributed by atoms with Crippen molar-refractivity contribution in [2.75, 3.05) is 6.54 Å². The maximum absolute atomic E-state index is 12.4. The Bertz CT molecular complexity index is 487. The molecule has 4 nitrogen and oxygen atoms in total. The molecule has 21 heavy (non-hydrogen) atoms. The van der Waals surface area contributed by atoms with Crippen LogP contribution in [-0.4, -0.2) is 23.5 Å². The van der Waals surface area contributed by atoms with Gasteiger partial charge in [0.25, 0.3) is 5.91 Å². The van der Waals surface area contributed by atoms with Crippen LogP contribution in [0.5, 0.6) is 0 Å². The molecule has 0 radical (unpaired) electrons. The first-order valence-corrected chi connectivity index (χ1v) is 6.93. The molecule has 0 spiro atoms. The fraction of sp³-hybridized carbons (Fsp3) is 0.571. The second-order valence-corrected chi connectivity index (χ2v) is 5.43. The van der Waals surface area contributed by atoms with Crippen molar-refractivity contribution in [3.05, 3.63) is 29.6 Å². The highest BCUT2D eigenvalue weighted by Gasteiger charge is 2.31. The van der Waals surface area contributed by atoms with Crippen LogP contribution in [0.25, 0.3) is 0 Å². The summed E-state index contributed by atoms with van der Waals surface area (Å²) < 4.78 is 37.2. The second-order valence-electron chi connectivity index (χ2n) is 5.43. The second kappa shape index (κ2) is 6.43. The summed E-state index contributed by atoms with van der Waals surface area (Å²) in [5.74, 6) is -0.130. The fourth-order valence-corrected chi connectivity index (χ4v) is 2.54. The smallest absolute Gasteiger partial charge is 0.350 e. The highest BCUT2D eigenvalue weighted by atomic mass is 19.4. The molecular formula is C14H18F3N3O. The number of alkyl halides is 3. The van der Waals surface area contributed by atoms with Crippen LogP contribution < -0.4 is 11.1 Å². The van der Waals surface area contributed by atoms with Crippen molar-refractivity contribution in [3.8, 4) is 0 Å². The van der Waals surface area contributed by atoms with E-state index in [1.165, 1.54) is 0 Å². The molecule has 0 bridgehead atoms. The molecule has 2 atom stereocenters. The predicted molar refractivity (Wildman–Crippen MR) is 71.5 cm³/mol. The topological polar surface area (TPSA) is 68.0 Å². The van der Waals surface area contributed by atoms with Gasteiger partial charge in [0.1, 0.15) is 5.69 Å². The van der Waals surface area contributed by atoms with Crippen molar-refractivity contribution in [2.24, 2.45) is 11.7 Å². The third-order valence-electron chi connectivity index (χ3n) is 3.70. The Morgan fingerprint density at radius 3 is 2.71 bits per heavy atom. The molecule has 3 N–H and O–H groups in total. The number of carbonyl (C=O) groups is 1. The number of hydrogen-bond acceptors (Lipinski definition) is 3. The molecule has 1 fully saturated rings. The number of hydrogen-bond donors (Lipinski definition) is 2. The Balaban J connectivity index is 1.88. The van der Waals surface area contributed by atoms with Gasteiger partial charge in [-0.05, 0) is 37.3 Å². The maximum Gasteiger partial charge on any atom is 0.417 e. The van der Waals surface area contributed by atoms with Crippen molar-refractivity contribution >= 4 is 5.91 Å². The molecule has 116 valence electrons. The highest BCUT2D eigenvalue weighted by Crippen LogP contribution is 2.28. The van der Waals surface area contributed by atoms with Crippen LogP contribution in [0.3, 0.4) is 0 Å². The van der Waals surface area contributed by atoms with Crippen LogP contribution >= 0.6 is 0 Å². The zero-order valence-electron chi connectivity index (χ0n) is 11.5. The number of nitrogens with one attached hydrogen (secondary N) is 1. The zero-order chi connectivity index (χ0) is 15.5. The molecule has 2 rings (SSSR count). The van der Waals surface area contributed by atoms with Gasteiger partial charge in [-0.2, -0.15) is 13.2 Å². The molecule has 1 heterocycles. The molecule has 2 unspecified atom stereocenters. The summed E-state index contributed by atoms with van der Waals surface area (Å²) in [6.45, 7) is 0.481. The quantitative estimate of drug-likeness (QED) is 0.900. The number of halogens is 3. The first-order valence-electron chi connectivity index (χ1n) is 6.93. The predicted octanol–water partition coefficient (Wildman–Crippen LogP) is 2.35. The van der Waals surface area contributed by atoms with Crippen molar-refractivity contribution in [3.63, 3.8) is 0 Å². The first kappa shape index (κ1) is 15.8. The van der Waals surface area contributed by atoms with Gasteiger partial charge in [-0.25, -0.2) is 0 Å². The van der Waals surface area contributed by atoms with E-state index in [0.29, 0.717) is 18.7 Å². The summed E-state index contributed by atoms with van der Waals surface area (Å²) >= 11 is 0. The lowest BCUT2D eigenvalue weighted by molar-refractivity contribution is -0.137. The number of amides is 1. The van der Waals surface area contributed by atoms with Gasteiger partial charge in [0.2, 0.25) is 0 Å². The molecule has 7 heteroatoms. The van der Waals surface area contributed by atoms with E-state index in [4.69, 9.17) is 5.73 Å². The molecule has 1 aromatic heterocycles. The zero-order valence-corrected chi connectivity index (χ0v) is 11.5.